The third-order valence-corrected chi connectivity index (χ3v) is 6.99. The van der Waals surface area contributed by atoms with Crippen LogP contribution in [0.4, 0.5) is 8.78 Å². The van der Waals surface area contributed by atoms with Crippen LogP contribution >= 0.6 is 0 Å². The fraction of sp³-hybridized carbons (Fsp3) is 0.480. The minimum absolute atomic E-state index is 0.0663. The quantitative estimate of drug-likeness (QED) is 0.484. The number of alkyl halides is 2. The predicted octanol–water partition coefficient (Wildman–Crippen LogP) is 4.76. The highest BCUT2D eigenvalue weighted by Gasteiger charge is 2.34. The highest BCUT2D eigenvalue weighted by Crippen LogP contribution is 2.32. The molecular weight excluding hydrogens is 442 g/mol. The molecule has 0 unspecified atom stereocenters. The van der Waals surface area contributed by atoms with Crippen molar-refractivity contribution in [2.75, 3.05) is 26.8 Å². The number of esters is 1. The number of carbonyl (C=O) groups is 1. The molecule has 0 saturated carbocycles. The highest BCUT2D eigenvalue weighted by atomic mass is 19.3. The average molecular weight is 471 g/mol. The maximum atomic E-state index is 13.8. The summed E-state index contributed by atoms with van der Waals surface area (Å²) >= 11 is 0. The first-order chi connectivity index (χ1) is 16.5. The summed E-state index contributed by atoms with van der Waals surface area (Å²) in [6, 6.07) is 8.67. The Morgan fingerprint density at radius 2 is 1.94 bits per heavy atom. The summed E-state index contributed by atoms with van der Waals surface area (Å²) in [7, 11) is 1.55. The Labute approximate surface area is 196 Å². The second-order valence-corrected chi connectivity index (χ2v) is 8.99. The molecule has 2 atom stereocenters. The number of piperidine rings is 2. The Morgan fingerprint density at radius 3 is 2.71 bits per heavy atom. The van der Waals surface area contributed by atoms with Gasteiger partial charge in [-0.1, -0.05) is 6.42 Å². The molecule has 0 N–H and O–H groups in total. The molecule has 5 rings (SSSR count). The summed E-state index contributed by atoms with van der Waals surface area (Å²) in [5, 5.41) is 4.03. The fourth-order valence-electron chi connectivity index (χ4n) is 5.23. The van der Waals surface area contributed by atoms with Gasteiger partial charge in [-0.05, 0) is 69.1 Å². The van der Waals surface area contributed by atoms with Gasteiger partial charge in [-0.2, -0.15) is 5.10 Å². The van der Waals surface area contributed by atoms with Gasteiger partial charge in [0.15, 0.2) is 5.65 Å². The van der Waals surface area contributed by atoms with Crippen molar-refractivity contribution >= 4 is 11.6 Å². The van der Waals surface area contributed by atoms with Crippen molar-refractivity contribution in [2.45, 2.75) is 44.6 Å². The fourth-order valence-corrected chi connectivity index (χ4v) is 5.23. The number of rotatable bonds is 6. The summed E-state index contributed by atoms with van der Waals surface area (Å²) in [6.45, 7) is 2.53. The van der Waals surface area contributed by atoms with Gasteiger partial charge in [-0.25, -0.2) is 23.1 Å². The van der Waals surface area contributed by atoms with E-state index in [1.807, 2.05) is 0 Å². The molecule has 4 heterocycles. The van der Waals surface area contributed by atoms with Crippen LogP contribution in [0.5, 0.6) is 5.75 Å². The van der Waals surface area contributed by atoms with Crippen LogP contribution < -0.4 is 4.74 Å². The van der Waals surface area contributed by atoms with E-state index >= 15 is 0 Å². The van der Waals surface area contributed by atoms with E-state index in [1.165, 1.54) is 25.1 Å². The molecule has 2 saturated heterocycles. The maximum Gasteiger partial charge on any atom is 0.343 e. The van der Waals surface area contributed by atoms with Crippen LogP contribution in [-0.2, 0) is 4.74 Å². The molecule has 3 aromatic rings. The third kappa shape index (κ3) is 4.36. The monoisotopic (exact) mass is 470 g/mol. The summed E-state index contributed by atoms with van der Waals surface area (Å²) in [6.07, 6.45) is 4.16. The second-order valence-electron chi connectivity index (χ2n) is 8.99. The number of carbonyl (C=O) groups excluding carboxylic acids is 1. The van der Waals surface area contributed by atoms with E-state index in [2.05, 4.69) is 15.0 Å². The average Bonchev–Trinajstić information content (AvgIpc) is 3.30. The predicted molar refractivity (Wildman–Crippen MR) is 122 cm³/mol. The van der Waals surface area contributed by atoms with Gasteiger partial charge in [-0.3, -0.25) is 4.90 Å². The summed E-state index contributed by atoms with van der Waals surface area (Å²) in [4.78, 5) is 20.0. The van der Waals surface area contributed by atoms with Crippen LogP contribution in [0.3, 0.4) is 0 Å². The van der Waals surface area contributed by atoms with Gasteiger partial charge < -0.3 is 9.47 Å². The molecule has 0 radical (unpaired) electrons. The van der Waals surface area contributed by atoms with Crippen LogP contribution in [0, 0.1) is 5.92 Å². The molecule has 0 bridgehead atoms. The largest absolute Gasteiger partial charge is 0.497 e. The van der Waals surface area contributed by atoms with E-state index in [1.54, 1.807) is 31.4 Å². The lowest BCUT2D eigenvalue weighted by Gasteiger charge is -2.44. The number of fused-ring (bicyclic) bond motifs is 2. The molecule has 0 spiro atoms. The van der Waals surface area contributed by atoms with Crippen LogP contribution in [0.15, 0.2) is 36.5 Å². The van der Waals surface area contributed by atoms with Crippen LogP contribution in [-0.4, -0.2) is 58.3 Å². The van der Waals surface area contributed by atoms with Gasteiger partial charge in [0.2, 0.25) is 0 Å². The number of halogens is 2. The van der Waals surface area contributed by atoms with Crippen LogP contribution in [0.2, 0.25) is 0 Å². The molecule has 34 heavy (non-hydrogen) atoms. The summed E-state index contributed by atoms with van der Waals surface area (Å²) in [5.74, 6) is 0.355. The first-order valence-corrected chi connectivity index (χ1v) is 11.8. The molecule has 2 aliphatic heterocycles. The lowest BCUT2D eigenvalue weighted by molar-refractivity contribution is 0.00749. The smallest absolute Gasteiger partial charge is 0.343 e. The zero-order valence-corrected chi connectivity index (χ0v) is 19.1. The Morgan fingerprint density at radius 1 is 1.15 bits per heavy atom. The Kier molecular flexibility index (Phi) is 6.45. The zero-order valence-electron chi connectivity index (χ0n) is 19.1. The Bertz CT molecular complexity index is 1160. The molecule has 2 aliphatic rings. The Hall–Kier alpha value is -3.07. The van der Waals surface area contributed by atoms with E-state index < -0.39 is 12.4 Å². The second kappa shape index (κ2) is 9.66. The van der Waals surface area contributed by atoms with E-state index in [0.29, 0.717) is 35.6 Å². The van der Waals surface area contributed by atoms with Gasteiger partial charge in [-0.15, -0.1) is 0 Å². The van der Waals surface area contributed by atoms with E-state index in [9.17, 15) is 13.6 Å². The number of nitrogens with zero attached hydrogens (tertiary/aromatic N) is 4. The molecule has 9 heteroatoms. The van der Waals surface area contributed by atoms with Crippen molar-refractivity contribution in [3.05, 3.63) is 47.8 Å². The maximum absolute atomic E-state index is 13.8. The zero-order chi connectivity index (χ0) is 23.7. The molecule has 0 aliphatic carbocycles. The molecule has 2 aromatic heterocycles. The molecule has 2 fully saturated rings. The third-order valence-electron chi connectivity index (χ3n) is 6.99. The van der Waals surface area contributed by atoms with Gasteiger partial charge in [0.25, 0.3) is 6.43 Å². The van der Waals surface area contributed by atoms with E-state index in [-0.39, 0.29) is 16.9 Å². The first kappa shape index (κ1) is 22.7. The normalized spacial score (nSPS) is 20.9. The van der Waals surface area contributed by atoms with Crippen LogP contribution in [0.25, 0.3) is 16.9 Å². The molecule has 7 nitrogen and oxygen atoms in total. The van der Waals surface area contributed by atoms with Crippen molar-refractivity contribution in [3.8, 4) is 17.0 Å². The highest BCUT2D eigenvalue weighted by molar-refractivity contribution is 5.96. The Balaban J connectivity index is 1.41. The number of aromatic nitrogens is 3. The van der Waals surface area contributed by atoms with Gasteiger partial charge >= 0.3 is 5.97 Å². The molecule has 180 valence electrons. The number of hydrogen-bond acceptors (Lipinski definition) is 6. The lowest BCUT2D eigenvalue weighted by Crippen LogP contribution is -2.49. The topological polar surface area (TPSA) is 69.0 Å². The number of methoxy groups -OCH3 is 1. The van der Waals surface area contributed by atoms with Crippen molar-refractivity contribution < 1.29 is 23.0 Å². The van der Waals surface area contributed by atoms with Crippen molar-refractivity contribution in [3.63, 3.8) is 0 Å². The van der Waals surface area contributed by atoms with Gasteiger partial charge in [0.05, 0.1) is 25.6 Å². The minimum atomic E-state index is -2.79. The van der Waals surface area contributed by atoms with Crippen molar-refractivity contribution in [1.29, 1.82) is 0 Å². The van der Waals surface area contributed by atoms with Gasteiger partial charge in [0, 0.05) is 17.5 Å². The SMILES string of the molecule is COc1ccc(-c2cc(C(F)F)n3ncc(C(=O)OC[C@@H]4CCCN5CCCC[C@@H]45)c3n2)cc1. The van der Waals surface area contributed by atoms with Crippen LogP contribution in [0.1, 0.15) is 54.6 Å². The number of ether oxygens (including phenoxy) is 2. The molecular formula is C25H28F2N4O3. The van der Waals surface area contributed by atoms with Gasteiger partial charge in [0.1, 0.15) is 17.0 Å². The standard InChI is InChI=1S/C25H28F2N4O3/c1-33-18-9-7-16(8-10-18)20-13-22(23(26)27)31-24(29-20)19(14-28-31)25(32)34-15-17-5-4-12-30-11-3-2-6-21(17)30/h7-10,13-14,17,21,23H,2-6,11-12,15H2,1H3/t17-,21-/m0/s1. The minimum Gasteiger partial charge on any atom is -0.497 e. The summed E-state index contributed by atoms with van der Waals surface area (Å²) in [5.41, 5.74) is 0.778. The van der Waals surface area contributed by atoms with E-state index in [4.69, 9.17) is 9.47 Å². The number of benzene rings is 1. The van der Waals surface area contributed by atoms with E-state index in [0.717, 1.165) is 36.9 Å². The van der Waals surface area contributed by atoms with Crippen molar-refractivity contribution in [2.24, 2.45) is 5.92 Å². The molecule has 1 aromatic carbocycles. The van der Waals surface area contributed by atoms with Crippen molar-refractivity contribution in [1.82, 2.24) is 19.5 Å². The number of hydrogen-bond donors (Lipinski definition) is 0. The molecule has 0 amide bonds. The first-order valence-electron chi connectivity index (χ1n) is 11.8. The lowest BCUT2D eigenvalue weighted by atomic mass is 9.84. The summed E-state index contributed by atoms with van der Waals surface area (Å²) < 4.78 is 39.6.